The number of rotatable bonds is 4. The Morgan fingerprint density at radius 3 is 2.83 bits per heavy atom. The highest BCUT2D eigenvalue weighted by Gasteiger charge is 2.10. The van der Waals surface area contributed by atoms with Gasteiger partial charge in [-0.25, -0.2) is 4.98 Å². The maximum atomic E-state index is 9.71. The molecule has 1 aromatic heterocycles. The molecular formula is C14H18N2O2. The van der Waals surface area contributed by atoms with E-state index in [1.54, 1.807) is 19.4 Å². The highest BCUT2D eigenvalue weighted by atomic mass is 16.5. The number of imidazole rings is 1. The maximum Gasteiger partial charge on any atom is 0.130 e. The first-order valence-electron chi connectivity index (χ1n) is 5.94. The third kappa shape index (κ3) is 2.71. The minimum absolute atomic E-state index is 0.444. The Kier molecular flexibility index (Phi) is 3.67. The topological polar surface area (TPSA) is 47.3 Å². The molecule has 0 radical (unpaired) electrons. The fourth-order valence-electron chi connectivity index (χ4n) is 1.79. The van der Waals surface area contributed by atoms with Crippen molar-refractivity contribution in [3.63, 3.8) is 0 Å². The van der Waals surface area contributed by atoms with E-state index in [2.05, 4.69) is 4.98 Å². The lowest BCUT2D eigenvalue weighted by molar-refractivity contribution is 0.189. The van der Waals surface area contributed by atoms with Crippen molar-refractivity contribution in [2.45, 2.75) is 26.6 Å². The Labute approximate surface area is 107 Å². The fourth-order valence-corrected chi connectivity index (χ4v) is 1.79. The predicted molar refractivity (Wildman–Crippen MR) is 69.4 cm³/mol. The second kappa shape index (κ2) is 5.23. The minimum atomic E-state index is -0.535. The molecular weight excluding hydrogens is 228 g/mol. The number of hydrogen-bond acceptors (Lipinski definition) is 3. The van der Waals surface area contributed by atoms with Crippen LogP contribution in [0.5, 0.6) is 5.75 Å². The van der Waals surface area contributed by atoms with E-state index in [0.29, 0.717) is 6.61 Å². The predicted octanol–water partition coefficient (Wildman–Crippen LogP) is 2.36. The summed E-state index contributed by atoms with van der Waals surface area (Å²) in [7, 11) is 1.93. The van der Waals surface area contributed by atoms with Crippen LogP contribution in [0.2, 0.25) is 0 Å². The largest absolute Gasteiger partial charge is 0.487 e. The van der Waals surface area contributed by atoms with Crippen LogP contribution in [0.3, 0.4) is 0 Å². The molecule has 0 amide bonds. The number of aryl methyl sites for hydroxylation is 2. The van der Waals surface area contributed by atoms with Gasteiger partial charge in [-0.3, -0.25) is 0 Å². The lowest BCUT2D eigenvalue weighted by atomic mass is 10.1. The third-order valence-corrected chi connectivity index (χ3v) is 2.91. The molecule has 4 heteroatoms. The average molecular weight is 246 g/mol. The van der Waals surface area contributed by atoms with Gasteiger partial charge in [0, 0.05) is 12.6 Å². The second-order valence-corrected chi connectivity index (χ2v) is 4.50. The van der Waals surface area contributed by atoms with Crippen molar-refractivity contribution in [3.05, 3.63) is 47.5 Å². The van der Waals surface area contributed by atoms with Crippen molar-refractivity contribution in [1.29, 1.82) is 0 Å². The summed E-state index contributed by atoms with van der Waals surface area (Å²) in [4.78, 5) is 4.04. The normalized spacial score (nSPS) is 12.4. The molecule has 2 rings (SSSR count). The average Bonchev–Trinajstić information content (AvgIpc) is 2.72. The van der Waals surface area contributed by atoms with Crippen LogP contribution in [0.4, 0.5) is 0 Å². The fraction of sp³-hybridized carbons (Fsp3) is 0.357. The summed E-state index contributed by atoms with van der Waals surface area (Å²) < 4.78 is 7.70. The summed E-state index contributed by atoms with van der Waals surface area (Å²) in [6, 6.07) is 5.82. The number of ether oxygens (including phenoxy) is 1. The number of hydrogen-bond donors (Lipinski definition) is 1. The van der Waals surface area contributed by atoms with Crippen LogP contribution in [0.25, 0.3) is 0 Å². The summed E-state index contributed by atoms with van der Waals surface area (Å²) in [6.45, 7) is 4.18. The van der Waals surface area contributed by atoms with Crippen molar-refractivity contribution < 1.29 is 9.84 Å². The van der Waals surface area contributed by atoms with Gasteiger partial charge in [0.05, 0.1) is 24.3 Å². The quantitative estimate of drug-likeness (QED) is 0.900. The molecule has 1 aromatic carbocycles. The zero-order valence-electron chi connectivity index (χ0n) is 10.9. The molecule has 1 heterocycles. The summed E-state index contributed by atoms with van der Waals surface area (Å²) in [5.74, 6) is 0.728. The van der Waals surface area contributed by atoms with Crippen LogP contribution in [-0.2, 0) is 13.7 Å². The van der Waals surface area contributed by atoms with Crippen LogP contribution in [0, 0.1) is 6.92 Å². The molecule has 0 fully saturated rings. The molecule has 2 aromatic rings. The van der Waals surface area contributed by atoms with Gasteiger partial charge in [-0.2, -0.15) is 0 Å². The first-order valence-corrected chi connectivity index (χ1v) is 5.94. The van der Waals surface area contributed by atoms with Gasteiger partial charge in [0.15, 0.2) is 0 Å². The number of aliphatic hydroxyl groups is 1. The van der Waals surface area contributed by atoms with E-state index in [9.17, 15) is 5.11 Å². The molecule has 0 saturated carbocycles. The lowest BCUT2D eigenvalue weighted by Crippen LogP contribution is -2.04. The molecule has 0 spiro atoms. The maximum absolute atomic E-state index is 9.71. The molecule has 0 aliphatic rings. The highest BCUT2D eigenvalue weighted by Crippen LogP contribution is 2.26. The van der Waals surface area contributed by atoms with Crippen molar-refractivity contribution in [1.82, 2.24) is 9.55 Å². The van der Waals surface area contributed by atoms with Gasteiger partial charge in [0.1, 0.15) is 12.4 Å². The Morgan fingerprint density at radius 1 is 1.44 bits per heavy atom. The number of benzene rings is 1. The first kappa shape index (κ1) is 12.6. The molecule has 0 aliphatic carbocycles. The van der Waals surface area contributed by atoms with Crippen LogP contribution in [0.1, 0.15) is 29.8 Å². The van der Waals surface area contributed by atoms with Gasteiger partial charge in [0.2, 0.25) is 0 Å². The van der Waals surface area contributed by atoms with Crippen molar-refractivity contribution in [2.24, 2.45) is 7.05 Å². The summed E-state index contributed by atoms with van der Waals surface area (Å²) >= 11 is 0. The van der Waals surface area contributed by atoms with Crippen LogP contribution >= 0.6 is 0 Å². The smallest absolute Gasteiger partial charge is 0.130 e. The van der Waals surface area contributed by atoms with E-state index in [4.69, 9.17) is 4.74 Å². The molecule has 1 atom stereocenters. The lowest BCUT2D eigenvalue weighted by Gasteiger charge is -2.14. The van der Waals surface area contributed by atoms with Gasteiger partial charge in [-0.05, 0) is 25.5 Å². The summed E-state index contributed by atoms with van der Waals surface area (Å²) in [5, 5.41) is 9.71. The SMILES string of the molecule is Cc1ccc(C(C)O)c(OCc2cncn2C)c1. The summed E-state index contributed by atoms with van der Waals surface area (Å²) in [5.41, 5.74) is 2.91. The zero-order valence-corrected chi connectivity index (χ0v) is 10.9. The Hall–Kier alpha value is -1.81. The van der Waals surface area contributed by atoms with E-state index in [0.717, 1.165) is 22.6 Å². The molecule has 1 N–H and O–H groups in total. The van der Waals surface area contributed by atoms with Gasteiger partial charge in [-0.15, -0.1) is 0 Å². The van der Waals surface area contributed by atoms with Crippen LogP contribution < -0.4 is 4.74 Å². The van der Waals surface area contributed by atoms with Gasteiger partial charge < -0.3 is 14.4 Å². The first-order chi connectivity index (χ1) is 8.58. The Balaban J connectivity index is 2.18. The minimum Gasteiger partial charge on any atom is -0.487 e. The Morgan fingerprint density at radius 2 is 2.22 bits per heavy atom. The number of aromatic nitrogens is 2. The van der Waals surface area contributed by atoms with Gasteiger partial charge in [0.25, 0.3) is 0 Å². The van der Waals surface area contributed by atoms with E-state index >= 15 is 0 Å². The molecule has 96 valence electrons. The Bertz CT molecular complexity index is 532. The highest BCUT2D eigenvalue weighted by molar-refractivity contribution is 5.38. The van der Waals surface area contributed by atoms with Crippen molar-refractivity contribution in [2.75, 3.05) is 0 Å². The van der Waals surface area contributed by atoms with Gasteiger partial charge >= 0.3 is 0 Å². The van der Waals surface area contributed by atoms with Crippen LogP contribution in [0.15, 0.2) is 30.7 Å². The summed E-state index contributed by atoms with van der Waals surface area (Å²) in [6.07, 6.45) is 2.98. The van der Waals surface area contributed by atoms with Crippen molar-refractivity contribution in [3.8, 4) is 5.75 Å². The third-order valence-electron chi connectivity index (χ3n) is 2.91. The monoisotopic (exact) mass is 246 g/mol. The molecule has 0 saturated heterocycles. The zero-order chi connectivity index (χ0) is 13.1. The second-order valence-electron chi connectivity index (χ2n) is 4.50. The molecule has 4 nitrogen and oxygen atoms in total. The molecule has 0 bridgehead atoms. The molecule has 1 unspecified atom stereocenters. The number of nitrogens with zero attached hydrogens (tertiary/aromatic N) is 2. The molecule has 18 heavy (non-hydrogen) atoms. The molecule has 0 aliphatic heterocycles. The number of aliphatic hydroxyl groups excluding tert-OH is 1. The standard InChI is InChI=1S/C14H18N2O2/c1-10-4-5-13(11(2)17)14(6-10)18-8-12-7-15-9-16(12)3/h4-7,9,11,17H,8H2,1-3H3. The van der Waals surface area contributed by atoms with E-state index in [1.165, 1.54) is 0 Å². The van der Waals surface area contributed by atoms with Crippen LogP contribution in [-0.4, -0.2) is 14.7 Å². The van der Waals surface area contributed by atoms with E-state index < -0.39 is 6.10 Å². The van der Waals surface area contributed by atoms with Crippen molar-refractivity contribution >= 4 is 0 Å². The van der Waals surface area contributed by atoms with E-state index in [-0.39, 0.29) is 0 Å². The van der Waals surface area contributed by atoms with E-state index in [1.807, 2.05) is 36.7 Å². The van der Waals surface area contributed by atoms with Gasteiger partial charge in [-0.1, -0.05) is 12.1 Å².